The van der Waals surface area contributed by atoms with Gasteiger partial charge >= 0.3 is 19.0 Å². The van der Waals surface area contributed by atoms with Crippen molar-refractivity contribution in [1.29, 1.82) is 0 Å². The van der Waals surface area contributed by atoms with E-state index in [1.807, 2.05) is 4.90 Å². The van der Waals surface area contributed by atoms with Gasteiger partial charge in [0.2, 0.25) is 10.0 Å². The third-order valence-electron chi connectivity index (χ3n) is 4.74. The van der Waals surface area contributed by atoms with Gasteiger partial charge in [0, 0.05) is 38.8 Å². The average molecular weight is 525 g/mol. The molecule has 0 amide bonds. The number of amidine groups is 1. The standard InChI is InChI=1S/C18H16F5N5O4S2/c19-15(20)31-16-24-6-5-13-14(25-16)26-17(33-13)27-7-9-28(10-8-27)34(29,30)12-3-1-11(2-4-12)32-18(21,22)23/h1-4,6,15H,5,7-10H2. The van der Waals surface area contributed by atoms with Crippen molar-refractivity contribution in [3.63, 3.8) is 0 Å². The molecule has 0 atom stereocenters. The summed E-state index contributed by atoms with van der Waals surface area (Å²) >= 11 is 1.29. The maximum absolute atomic E-state index is 12.9. The first-order valence-electron chi connectivity index (χ1n) is 9.68. The highest BCUT2D eigenvalue weighted by molar-refractivity contribution is 7.89. The number of hydrogen-bond donors (Lipinski definition) is 0. The molecule has 0 aliphatic carbocycles. The number of alkyl halides is 5. The minimum Gasteiger partial charge on any atom is -0.406 e. The highest BCUT2D eigenvalue weighted by Crippen LogP contribution is 2.34. The number of hydrogen-bond acceptors (Lipinski definition) is 9. The van der Waals surface area contributed by atoms with Crippen LogP contribution in [-0.4, -0.2) is 69.1 Å². The van der Waals surface area contributed by atoms with Crippen LogP contribution in [0.2, 0.25) is 0 Å². The monoisotopic (exact) mass is 525 g/mol. The van der Waals surface area contributed by atoms with E-state index in [2.05, 4.69) is 24.4 Å². The van der Waals surface area contributed by atoms with Gasteiger partial charge in [-0.2, -0.15) is 18.1 Å². The first-order valence-corrected chi connectivity index (χ1v) is 11.9. The molecular formula is C18H16F5N5O4S2. The van der Waals surface area contributed by atoms with E-state index in [-0.39, 0.29) is 23.8 Å². The summed E-state index contributed by atoms with van der Waals surface area (Å²) < 4.78 is 96.8. The zero-order chi connectivity index (χ0) is 24.5. The van der Waals surface area contributed by atoms with E-state index < -0.39 is 34.8 Å². The normalized spacial score (nSPS) is 17.4. The van der Waals surface area contributed by atoms with Gasteiger partial charge in [-0.15, -0.1) is 13.2 Å². The number of ether oxygens (including phenoxy) is 2. The van der Waals surface area contributed by atoms with Gasteiger partial charge in [0.1, 0.15) is 5.75 Å². The molecule has 3 heterocycles. The van der Waals surface area contributed by atoms with Crippen LogP contribution in [0.25, 0.3) is 0 Å². The Morgan fingerprint density at radius 1 is 1.06 bits per heavy atom. The topological polar surface area (TPSA) is 96.7 Å². The van der Waals surface area contributed by atoms with Gasteiger partial charge in [0.25, 0.3) is 0 Å². The quantitative estimate of drug-likeness (QED) is 0.556. The number of rotatable bonds is 5. The smallest absolute Gasteiger partial charge is 0.406 e. The van der Waals surface area contributed by atoms with E-state index in [1.54, 1.807) is 0 Å². The number of sulfonamides is 1. The van der Waals surface area contributed by atoms with Gasteiger partial charge in [-0.3, -0.25) is 0 Å². The number of benzene rings is 1. The minimum absolute atomic E-state index is 0.109. The molecule has 2 aliphatic heterocycles. The molecule has 1 saturated heterocycles. The predicted octanol–water partition coefficient (Wildman–Crippen LogP) is 3.41. The van der Waals surface area contributed by atoms with E-state index in [1.165, 1.54) is 21.9 Å². The molecule has 9 nitrogen and oxygen atoms in total. The van der Waals surface area contributed by atoms with Crippen molar-refractivity contribution in [2.24, 2.45) is 9.98 Å². The lowest BCUT2D eigenvalue weighted by Gasteiger charge is -2.33. The SMILES string of the molecule is O=S(=O)(c1ccc(OC(F)(F)F)cc1)N1CCN(c2nc3c(s2)CC=NC(OC(F)F)=N3)CC1. The number of aromatic nitrogens is 1. The van der Waals surface area contributed by atoms with E-state index in [9.17, 15) is 30.4 Å². The van der Waals surface area contributed by atoms with Gasteiger partial charge in [-0.25, -0.2) is 18.4 Å². The molecule has 0 bridgehead atoms. The summed E-state index contributed by atoms with van der Waals surface area (Å²) in [5, 5.41) is 0.547. The molecule has 2 aliphatic rings. The van der Waals surface area contributed by atoms with E-state index in [0.717, 1.165) is 24.3 Å². The number of fused-ring (bicyclic) bond motifs is 1. The van der Waals surface area contributed by atoms with Gasteiger partial charge in [-0.1, -0.05) is 11.3 Å². The number of halogens is 5. The Bertz CT molecular complexity index is 1190. The largest absolute Gasteiger partial charge is 0.573 e. The highest BCUT2D eigenvalue weighted by Gasteiger charge is 2.32. The van der Waals surface area contributed by atoms with Crippen molar-refractivity contribution in [3.8, 4) is 5.75 Å². The second kappa shape index (κ2) is 9.42. The van der Waals surface area contributed by atoms with Crippen molar-refractivity contribution >= 4 is 44.5 Å². The second-order valence-corrected chi connectivity index (χ2v) is 9.94. The highest BCUT2D eigenvalue weighted by atomic mass is 32.2. The van der Waals surface area contributed by atoms with Crippen LogP contribution < -0.4 is 9.64 Å². The van der Waals surface area contributed by atoms with Crippen LogP contribution in [-0.2, 0) is 21.2 Å². The van der Waals surface area contributed by atoms with Crippen molar-refractivity contribution in [1.82, 2.24) is 9.29 Å². The lowest BCUT2D eigenvalue weighted by atomic mass is 10.3. The molecule has 184 valence electrons. The molecule has 34 heavy (non-hydrogen) atoms. The Morgan fingerprint density at radius 2 is 1.74 bits per heavy atom. The molecule has 0 spiro atoms. The molecular weight excluding hydrogens is 509 g/mol. The van der Waals surface area contributed by atoms with Gasteiger partial charge < -0.3 is 14.4 Å². The summed E-state index contributed by atoms with van der Waals surface area (Å²) in [5.74, 6) is -0.306. The maximum Gasteiger partial charge on any atom is 0.573 e. The van der Waals surface area contributed by atoms with Crippen LogP contribution in [0, 0.1) is 0 Å². The summed E-state index contributed by atoms with van der Waals surface area (Å²) in [6.07, 6.45) is -3.15. The molecule has 1 aromatic carbocycles. The van der Waals surface area contributed by atoms with Crippen molar-refractivity contribution < 1.29 is 39.8 Å². The van der Waals surface area contributed by atoms with Crippen LogP contribution in [0.5, 0.6) is 5.75 Å². The van der Waals surface area contributed by atoms with Crippen LogP contribution in [0.1, 0.15) is 4.88 Å². The number of aliphatic imine (C=N–C) groups is 2. The molecule has 1 aromatic heterocycles. The van der Waals surface area contributed by atoms with E-state index in [0.29, 0.717) is 29.5 Å². The van der Waals surface area contributed by atoms with Crippen molar-refractivity contribution in [2.75, 3.05) is 31.1 Å². The Morgan fingerprint density at radius 3 is 2.35 bits per heavy atom. The predicted molar refractivity (Wildman–Crippen MR) is 113 cm³/mol. The van der Waals surface area contributed by atoms with Gasteiger partial charge in [-0.05, 0) is 24.3 Å². The Labute approximate surface area is 194 Å². The van der Waals surface area contributed by atoms with Crippen molar-refractivity contribution in [2.45, 2.75) is 24.3 Å². The Balaban J connectivity index is 1.42. The van der Waals surface area contributed by atoms with Crippen LogP contribution in [0.3, 0.4) is 0 Å². The first kappa shape index (κ1) is 24.3. The minimum atomic E-state index is -4.87. The lowest BCUT2D eigenvalue weighted by Crippen LogP contribution is -2.48. The summed E-state index contributed by atoms with van der Waals surface area (Å²) in [6.45, 7) is -2.27. The molecule has 0 saturated carbocycles. The third-order valence-corrected chi connectivity index (χ3v) is 7.78. The third kappa shape index (κ3) is 5.61. The molecule has 2 aromatic rings. The number of nitrogens with zero attached hydrogens (tertiary/aromatic N) is 5. The molecule has 4 rings (SSSR count). The number of piperazine rings is 1. The summed E-state index contributed by atoms with van der Waals surface area (Å²) in [7, 11) is -3.93. The fraction of sp³-hybridized carbons (Fsp3) is 0.389. The van der Waals surface area contributed by atoms with Crippen LogP contribution in [0.4, 0.5) is 32.9 Å². The summed E-state index contributed by atoms with van der Waals surface area (Å²) in [6, 6.07) is 3.50. The first-order chi connectivity index (χ1) is 16.0. The second-order valence-electron chi connectivity index (χ2n) is 6.94. The fourth-order valence-electron chi connectivity index (χ4n) is 3.23. The van der Waals surface area contributed by atoms with Crippen LogP contribution >= 0.6 is 11.3 Å². The average Bonchev–Trinajstić information content (AvgIpc) is 3.06. The lowest BCUT2D eigenvalue weighted by molar-refractivity contribution is -0.274. The molecule has 0 N–H and O–H groups in total. The Hall–Kier alpha value is -2.85. The molecule has 1 fully saturated rings. The van der Waals surface area contributed by atoms with Gasteiger partial charge in [0.05, 0.1) is 9.77 Å². The zero-order valence-corrected chi connectivity index (χ0v) is 18.7. The van der Waals surface area contributed by atoms with E-state index in [4.69, 9.17) is 0 Å². The van der Waals surface area contributed by atoms with Crippen molar-refractivity contribution in [3.05, 3.63) is 29.1 Å². The number of thiazole rings is 1. The fourth-order valence-corrected chi connectivity index (χ4v) is 5.66. The van der Waals surface area contributed by atoms with Crippen LogP contribution in [0.15, 0.2) is 39.1 Å². The number of anilines is 1. The van der Waals surface area contributed by atoms with Gasteiger partial charge in [0.15, 0.2) is 10.9 Å². The summed E-state index contributed by atoms with van der Waals surface area (Å²) in [4.78, 5) is 14.4. The molecule has 0 unspecified atom stereocenters. The summed E-state index contributed by atoms with van der Waals surface area (Å²) in [5.41, 5.74) is 0. The maximum atomic E-state index is 12.9. The molecule has 0 radical (unpaired) electrons. The zero-order valence-electron chi connectivity index (χ0n) is 17.1. The Kier molecular flexibility index (Phi) is 6.73. The van der Waals surface area contributed by atoms with E-state index >= 15 is 0 Å². The molecule has 16 heteroatoms.